The van der Waals surface area contributed by atoms with Crippen molar-refractivity contribution in [2.24, 2.45) is 0 Å². The van der Waals surface area contributed by atoms with Crippen LogP contribution in [0.5, 0.6) is 11.5 Å². The minimum atomic E-state index is -0.388. The van der Waals surface area contributed by atoms with Crippen LogP contribution in [0.3, 0.4) is 0 Å². The van der Waals surface area contributed by atoms with Crippen molar-refractivity contribution < 1.29 is 14.6 Å². The summed E-state index contributed by atoms with van der Waals surface area (Å²) in [6.07, 6.45) is 0. The maximum absolute atomic E-state index is 11.8. The zero-order valence-electron chi connectivity index (χ0n) is 11.7. The van der Waals surface area contributed by atoms with Gasteiger partial charge in [0.05, 0.1) is 18.3 Å². The van der Waals surface area contributed by atoms with E-state index in [1.54, 1.807) is 19.1 Å². The van der Waals surface area contributed by atoms with Crippen LogP contribution >= 0.6 is 0 Å². The van der Waals surface area contributed by atoms with Gasteiger partial charge in [-0.15, -0.1) is 0 Å². The van der Waals surface area contributed by atoms with Crippen molar-refractivity contribution in [3.63, 3.8) is 0 Å². The number of urea groups is 1. The number of ether oxygens (including phenoxy) is 1. The summed E-state index contributed by atoms with van der Waals surface area (Å²) < 4.78 is 5.75. The fraction of sp³-hybridized carbons (Fsp3) is 0.188. The molecule has 0 fully saturated rings. The number of benzene rings is 2. The molecule has 1 atom stereocenters. The molecule has 0 spiro atoms. The molecule has 0 unspecified atom stereocenters. The highest BCUT2D eigenvalue weighted by Gasteiger charge is 2.10. The highest BCUT2D eigenvalue weighted by molar-refractivity contribution is 5.91. The summed E-state index contributed by atoms with van der Waals surface area (Å²) in [5, 5.41) is 14.3. The van der Waals surface area contributed by atoms with E-state index in [-0.39, 0.29) is 18.7 Å². The molecule has 2 aromatic rings. The Labute approximate surface area is 123 Å². The predicted octanol–water partition coefficient (Wildman–Crippen LogP) is 2.98. The Morgan fingerprint density at radius 1 is 1.14 bits per heavy atom. The summed E-state index contributed by atoms with van der Waals surface area (Å²) in [7, 11) is 0. The van der Waals surface area contributed by atoms with Gasteiger partial charge < -0.3 is 20.5 Å². The monoisotopic (exact) mass is 286 g/mol. The fourth-order valence-corrected chi connectivity index (χ4v) is 1.70. The van der Waals surface area contributed by atoms with Crippen molar-refractivity contribution in [2.75, 3.05) is 11.9 Å². The van der Waals surface area contributed by atoms with Crippen molar-refractivity contribution in [3.05, 3.63) is 54.6 Å². The first-order valence-electron chi connectivity index (χ1n) is 6.69. The molecular weight excluding hydrogens is 268 g/mol. The van der Waals surface area contributed by atoms with E-state index in [1.807, 2.05) is 42.5 Å². The second kappa shape index (κ2) is 7.31. The first-order valence-corrected chi connectivity index (χ1v) is 6.69. The van der Waals surface area contributed by atoms with Gasteiger partial charge in [-0.3, -0.25) is 0 Å². The van der Waals surface area contributed by atoms with Gasteiger partial charge in [-0.2, -0.15) is 0 Å². The molecule has 0 radical (unpaired) electrons. The number of hydrogen-bond acceptors (Lipinski definition) is 3. The molecule has 0 saturated carbocycles. The van der Waals surface area contributed by atoms with Crippen molar-refractivity contribution in [1.29, 1.82) is 0 Å². The quantitative estimate of drug-likeness (QED) is 0.791. The molecule has 2 amide bonds. The lowest BCUT2D eigenvalue weighted by Crippen LogP contribution is -2.38. The minimum absolute atomic E-state index is 0.115. The average Bonchev–Trinajstić information content (AvgIpc) is 2.50. The van der Waals surface area contributed by atoms with E-state index in [0.717, 1.165) is 0 Å². The molecule has 2 aromatic carbocycles. The third-order valence-corrected chi connectivity index (χ3v) is 2.76. The molecule has 0 aliphatic rings. The first-order chi connectivity index (χ1) is 10.2. The number of rotatable bonds is 5. The number of para-hydroxylation sites is 3. The molecule has 2 rings (SSSR count). The van der Waals surface area contributed by atoms with Gasteiger partial charge in [0, 0.05) is 0 Å². The second-order valence-corrected chi connectivity index (χ2v) is 4.59. The minimum Gasteiger partial charge on any atom is -0.455 e. The van der Waals surface area contributed by atoms with Gasteiger partial charge in [-0.25, -0.2) is 4.79 Å². The fourth-order valence-electron chi connectivity index (χ4n) is 1.70. The van der Waals surface area contributed by atoms with Crippen LogP contribution in [0.25, 0.3) is 0 Å². The van der Waals surface area contributed by atoms with Gasteiger partial charge in [0.25, 0.3) is 0 Å². The van der Waals surface area contributed by atoms with E-state index in [2.05, 4.69) is 10.6 Å². The van der Waals surface area contributed by atoms with Crippen LogP contribution in [-0.2, 0) is 0 Å². The van der Waals surface area contributed by atoms with E-state index >= 15 is 0 Å². The molecule has 110 valence electrons. The topological polar surface area (TPSA) is 70.6 Å². The third kappa shape index (κ3) is 4.50. The molecule has 5 heteroatoms. The van der Waals surface area contributed by atoms with Gasteiger partial charge >= 0.3 is 6.03 Å². The first kappa shape index (κ1) is 14.9. The van der Waals surface area contributed by atoms with Crippen molar-refractivity contribution >= 4 is 11.7 Å². The van der Waals surface area contributed by atoms with Crippen LogP contribution < -0.4 is 15.4 Å². The Kier molecular flexibility index (Phi) is 5.17. The number of carbonyl (C=O) groups excluding carboxylic acids is 1. The van der Waals surface area contributed by atoms with Crippen molar-refractivity contribution in [1.82, 2.24) is 5.32 Å². The Balaban J connectivity index is 2.08. The van der Waals surface area contributed by atoms with Crippen LogP contribution in [0, 0.1) is 0 Å². The molecule has 0 aliphatic heterocycles. The summed E-state index contributed by atoms with van der Waals surface area (Å²) in [4.78, 5) is 11.8. The standard InChI is InChI=1S/C16H18N2O3/c1-12(11-19)17-16(20)18-14-9-5-6-10-15(14)21-13-7-3-2-4-8-13/h2-10,12,19H,11H2,1H3,(H2,17,18,20)/t12-/m1/s1. The van der Waals surface area contributed by atoms with Gasteiger partial charge in [0.2, 0.25) is 0 Å². The van der Waals surface area contributed by atoms with Gasteiger partial charge in [-0.1, -0.05) is 30.3 Å². The molecule has 0 aliphatic carbocycles. The van der Waals surface area contributed by atoms with Crippen LogP contribution in [0.1, 0.15) is 6.92 Å². The summed E-state index contributed by atoms with van der Waals surface area (Å²) in [6.45, 7) is 1.60. The Hall–Kier alpha value is -2.53. The highest BCUT2D eigenvalue weighted by atomic mass is 16.5. The van der Waals surface area contributed by atoms with E-state index in [0.29, 0.717) is 17.2 Å². The molecule has 3 N–H and O–H groups in total. The van der Waals surface area contributed by atoms with Crippen LogP contribution in [0.4, 0.5) is 10.5 Å². The number of nitrogens with one attached hydrogen (secondary N) is 2. The molecule has 5 nitrogen and oxygen atoms in total. The van der Waals surface area contributed by atoms with Gasteiger partial charge in [-0.05, 0) is 31.2 Å². The van der Waals surface area contributed by atoms with Crippen LogP contribution in [0.15, 0.2) is 54.6 Å². The van der Waals surface area contributed by atoms with Crippen LogP contribution in [-0.4, -0.2) is 23.8 Å². The Morgan fingerprint density at radius 2 is 1.81 bits per heavy atom. The Bertz CT molecular complexity index is 587. The molecule has 21 heavy (non-hydrogen) atoms. The van der Waals surface area contributed by atoms with Crippen molar-refractivity contribution in [3.8, 4) is 11.5 Å². The third-order valence-electron chi connectivity index (χ3n) is 2.76. The van der Waals surface area contributed by atoms with Crippen LogP contribution in [0.2, 0.25) is 0 Å². The zero-order chi connectivity index (χ0) is 15.1. The number of carbonyl (C=O) groups is 1. The molecule has 0 bridgehead atoms. The molecule has 0 heterocycles. The van der Waals surface area contributed by atoms with Crippen molar-refractivity contribution in [2.45, 2.75) is 13.0 Å². The summed E-state index contributed by atoms with van der Waals surface area (Å²) >= 11 is 0. The zero-order valence-corrected chi connectivity index (χ0v) is 11.7. The van der Waals surface area contributed by atoms with E-state index in [9.17, 15) is 4.79 Å². The molecular formula is C16H18N2O3. The summed E-state index contributed by atoms with van der Waals surface area (Å²) in [5.41, 5.74) is 0.559. The van der Waals surface area contributed by atoms with E-state index in [1.165, 1.54) is 0 Å². The second-order valence-electron chi connectivity index (χ2n) is 4.59. The predicted molar refractivity (Wildman–Crippen MR) is 81.7 cm³/mol. The lowest BCUT2D eigenvalue weighted by molar-refractivity contribution is 0.229. The van der Waals surface area contributed by atoms with E-state index in [4.69, 9.17) is 9.84 Å². The normalized spacial score (nSPS) is 11.5. The number of aliphatic hydroxyl groups is 1. The largest absolute Gasteiger partial charge is 0.455 e. The van der Waals surface area contributed by atoms with E-state index < -0.39 is 0 Å². The average molecular weight is 286 g/mol. The Morgan fingerprint density at radius 3 is 2.52 bits per heavy atom. The summed E-state index contributed by atoms with van der Waals surface area (Å²) in [6, 6.07) is 15.8. The molecule has 0 saturated heterocycles. The number of hydrogen-bond donors (Lipinski definition) is 3. The SMILES string of the molecule is C[C@H](CO)NC(=O)Nc1ccccc1Oc1ccccc1. The molecule has 0 aromatic heterocycles. The maximum Gasteiger partial charge on any atom is 0.319 e. The number of aliphatic hydroxyl groups excluding tert-OH is 1. The maximum atomic E-state index is 11.8. The lowest BCUT2D eigenvalue weighted by atomic mass is 10.3. The summed E-state index contributed by atoms with van der Waals surface area (Å²) in [5.74, 6) is 1.24. The highest BCUT2D eigenvalue weighted by Crippen LogP contribution is 2.28. The van der Waals surface area contributed by atoms with Gasteiger partial charge in [0.1, 0.15) is 5.75 Å². The lowest BCUT2D eigenvalue weighted by Gasteiger charge is -2.14. The number of anilines is 1. The number of amides is 2. The smallest absolute Gasteiger partial charge is 0.319 e. The van der Waals surface area contributed by atoms with Gasteiger partial charge in [0.15, 0.2) is 5.75 Å².